The number of benzene rings is 1. The van der Waals surface area contributed by atoms with E-state index in [0.717, 1.165) is 44.8 Å². The molecular formula is C20H28Cl2N4O. The van der Waals surface area contributed by atoms with Crippen LogP contribution in [0.1, 0.15) is 45.5 Å². The summed E-state index contributed by atoms with van der Waals surface area (Å²) in [5.41, 5.74) is 0.578. The predicted octanol–water partition coefficient (Wildman–Crippen LogP) is 4.11. The Balaban J connectivity index is 2.16. The molecule has 1 aliphatic rings. The Kier molecular flexibility index (Phi) is 6.79. The lowest BCUT2D eigenvalue weighted by Gasteiger charge is -2.32. The summed E-state index contributed by atoms with van der Waals surface area (Å²) < 4.78 is 1.80. The van der Waals surface area contributed by atoms with E-state index in [0.29, 0.717) is 33.4 Å². The SMILES string of the molecule is CCCC(c1nc2cc(Cl)c(Cl)cc2c(=O)n1CC)N1CCNC[C@@H](C)C1. The number of rotatable bonds is 5. The van der Waals surface area contributed by atoms with Gasteiger partial charge in [-0.05, 0) is 37.9 Å². The van der Waals surface area contributed by atoms with Crippen molar-refractivity contribution in [2.24, 2.45) is 5.92 Å². The molecule has 0 radical (unpaired) electrons. The summed E-state index contributed by atoms with van der Waals surface area (Å²) in [4.78, 5) is 20.6. The van der Waals surface area contributed by atoms with E-state index in [1.54, 1.807) is 16.7 Å². The Morgan fingerprint density at radius 2 is 2.04 bits per heavy atom. The summed E-state index contributed by atoms with van der Waals surface area (Å²) in [6, 6.07) is 3.46. The van der Waals surface area contributed by atoms with E-state index < -0.39 is 0 Å². The summed E-state index contributed by atoms with van der Waals surface area (Å²) in [5.74, 6) is 1.40. The second kappa shape index (κ2) is 8.91. The summed E-state index contributed by atoms with van der Waals surface area (Å²) in [7, 11) is 0. The van der Waals surface area contributed by atoms with E-state index >= 15 is 0 Å². The monoisotopic (exact) mass is 410 g/mol. The zero-order chi connectivity index (χ0) is 19.6. The first-order valence-electron chi connectivity index (χ1n) is 9.80. The van der Waals surface area contributed by atoms with E-state index in [-0.39, 0.29) is 11.6 Å². The Morgan fingerprint density at radius 3 is 2.74 bits per heavy atom. The minimum atomic E-state index is -0.0434. The van der Waals surface area contributed by atoms with Crippen molar-refractivity contribution in [2.75, 3.05) is 26.2 Å². The van der Waals surface area contributed by atoms with Crippen LogP contribution in [0.2, 0.25) is 10.0 Å². The quantitative estimate of drug-likeness (QED) is 0.805. The van der Waals surface area contributed by atoms with E-state index in [2.05, 4.69) is 24.1 Å². The minimum Gasteiger partial charge on any atom is -0.315 e. The number of nitrogens with one attached hydrogen (secondary N) is 1. The van der Waals surface area contributed by atoms with Gasteiger partial charge in [-0.2, -0.15) is 0 Å². The molecular weight excluding hydrogens is 383 g/mol. The van der Waals surface area contributed by atoms with Gasteiger partial charge in [0.2, 0.25) is 0 Å². The summed E-state index contributed by atoms with van der Waals surface area (Å²) in [6.07, 6.45) is 1.99. The highest BCUT2D eigenvalue weighted by molar-refractivity contribution is 6.42. The van der Waals surface area contributed by atoms with Crippen molar-refractivity contribution in [2.45, 2.75) is 46.2 Å². The smallest absolute Gasteiger partial charge is 0.261 e. The zero-order valence-corrected chi connectivity index (χ0v) is 17.8. The van der Waals surface area contributed by atoms with Gasteiger partial charge in [0, 0.05) is 26.2 Å². The fourth-order valence-corrected chi connectivity index (χ4v) is 4.27. The number of halogens is 2. The number of hydrogen-bond acceptors (Lipinski definition) is 4. The molecule has 27 heavy (non-hydrogen) atoms. The molecule has 2 atom stereocenters. The number of aromatic nitrogens is 2. The normalized spacial score (nSPS) is 20.0. The first-order chi connectivity index (χ1) is 13.0. The Hall–Kier alpha value is -1.14. The molecule has 1 aliphatic heterocycles. The third kappa shape index (κ3) is 4.32. The standard InChI is InChI=1S/C20H28Cl2N4O/c1-4-6-18(25-8-7-23-11-13(3)12-25)19-24-17-10-16(22)15(21)9-14(17)20(27)26(19)5-2/h9-10,13,18,23H,4-8,11-12H2,1-3H3/t13-,18?/m1/s1. The van der Waals surface area contributed by atoms with Gasteiger partial charge in [0.1, 0.15) is 5.82 Å². The first-order valence-corrected chi connectivity index (χ1v) is 10.6. The van der Waals surface area contributed by atoms with Crippen molar-refractivity contribution in [3.8, 4) is 0 Å². The third-order valence-electron chi connectivity index (χ3n) is 5.26. The van der Waals surface area contributed by atoms with Crippen molar-refractivity contribution < 1.29 is 0 Å². The van der Waals surface area contributed by atoms with E-state index in [9.17, 15) is 4.79 Å². The van der Waals surface area contributed by atoms with Crippen LogP contribution in [0.25, 0.3) is 10.9 Å². The second-order valence-electron chi connectivity index (χ2n) is 7.41. The van der Waals surface area contributed by atoms with Gasteiger partial charge in [-0.25, -0.2) is 4.98 Å². The predicted molar refractivity (Wildman–Crippen MR) is 113 cm³/mol. The largest absolute Gasteiger partial charge is 0.315 e. The maximum absolute atomic E-state index is 13.2. The molecule has 1 saturated heterocycles. The molecule has 1 N–H and O–H groups in total. The molecule has 7 heteroatoms. The number of hydrogen-bond donors (Lipinski definition) is 1. The van der Waals surface area contributed by atoms with Gasteiger partial charge in [-0.1, -0.05) is 43.5 Å². The second-order valence-corrected chi connectivity index (χ2v) is 8.23. The van der Waals surface area contributed by atoms with Gasteiger partial charge < -0.3 is 5.32 Å². The average molecular weight is 411 g/mol. The lowest BCUT2D eigenvalue weighted by atomic mass is 10.1. The highest BCUT2D eigenvalue weighted by atomic mass is 35.5. The van der Waals surface area contributed by atoms with Crippen LogP contribution in [0.4, 0.5) is 0 Å². The van der Waals surface area contributed by atoms with Gasteiger partial charge in [-0.15, -0.1) is 0 Å². The molecule has 0 amide bonds. The summed E-state index contributed by atoms with van der Waals surface area (Å²) in [5, 5.41) is 4.83. The van der Waals surface area contributed by atoms with Crippen molar-refractivity contribution in [3.05, 3.63) is 38.4 Å². The van der Waals surface area contributed by atoms with Gasteiger partial charge in [0.25, 0.3) is 5.56 Å². The molecule has 1 aromatic heterocycles. The summed E-state index contributed by atoms with van der Waals surface area (Å²) >= 11 is 12.3. The van der Waals surface area contributed by atoms with Crippen LogP contribution >= 0.6 is 23.2 Å². The average Bonchev–Trinajstić information content (AvgIpc) is 2.85. The third-order valence-corrected chi connectivity index (χ3v) is 5.98. The van der Waals surface area contributed by atoms with Crippen molar-refractivity contribution in [3.63, 3.8) is 0 Å². The van der Waals surface area contributed by atoms with Crippen molar-refractivity contribution in [1.29, 1.82) is 0 Å². The maximum atomic E-state index is 13.2. The molecule has 0 saturated carbocycles. The van der Waals surface area contributed by atoms with Crippen LogP contribution in [0.5, 0.6) is 0 Å². The fourth-order valence-electron chi connectivity index (χ4n) is 3.95. The van der Waals surface area contributed by atoms with Gasteiger partial charge in [0.15, 0.2) is 0 Å². The van der Waals surface area contributed by atoms with E-state index in [1.165, 1.54) is 0 Å². The molecule has 0 bridgehead atoms. The van der Waals surface area contributed by atoms with Crippen LogP contribution < -0.4 is 10.9 Å². The molecule has 0 aliphatic carbocycles. The van der Waals surface area contributed by atoms with Crippen LogP contribution in [-0.2, 0) is 6.54 Å². The minimum absolute atomic E-state index is 0.0434. The van der Waals surface area contributed by atoms with Crippen molar-refractivity contribution in [1.82, 2.24) is 19.8 Å². The highest BCUT2D eigenvalue weighted by Crippen LogP contribution is 2.29. The zero-order valence-electron chi connectivity index (χ0n) is 16.3. The van der Waals surface area contributed by atoms with Gasteiger partial charge in [-0.3, -0.25) is 14.3 Å². The molecule has 1 aromatic carbocycles. The van der Waals surface area contributed by atoms with Gasteiger partial charge in [0.05, 0.1) is 27.0 Å². The molecule has 2 heterocycles. The highest BCUT2D eigenvalue weighted by Gasteiger charge is 2.27. The topological polar surface area (TPSA) is 50.2 Å². The number of nitrogens with zero attached hydrogens (tertiary/aromatic N) is 3. The molecule has 148 valence electrons. The molecule has 1 unspecified atom stereocenters. The Labute approximate surface area is 170 Å². The maximum Gasteiger partial charge on any atom is 0.261 e. The van der Waals surface area contributed by atoms with Crippen LogP contribution in [0, 0.1) is 5.92 Å². The summed E-state index contributed by atoms with van der Waals surface area (Å²) in [6.45, 7) is 10.9. The van der Waals surface area contributed by atoms with E-state index in [4.69, 9.17) is 28.2 Å². The van der Waals surface area contributed by atoms with Gasteiger partial charge >= 0.3 is 0 Å². The molecule has 0 spiro atoms. The molecule has 5 nitrogen and oxygen atoms in total. The number of fused-ring (bicyclic) bond motifs is 1. The molecule has 2 aromatic rings. The van der Waals surface area contributed by atoms with Crippen LogP contribution in [0.3, 0.4) is 0 Å². The van der Waals surface area contributed by atoms with E-state index in [1.807, 2.05) is 6.92 Å². The Morgan fingerprint density at radius 1 is 1.30 bits per heavy atom. The lowest BCUT2D eigenvalue weighted by Crippen LogP contribution is -2.38. The van der Waals surface area contributed by atoms with Crippen LogP contribution in [-0.4, -0.2) is 40.6 Å². The molecule has 3 rings (SSSR count). The fraction of sp³-hybridized carbons (Fsp3) is 0.600. The van der Waals surface area contributed by atoms with Crippen LogP contribution in [0.15, 0.2) is 16.9 Å². The molecule has 1 fully saturated rings. The van der Waals surface area contributed by atoms with Crippen molar-refractivity contribution >= 4 is 34.1 Å². The lowest BCUT2D eigenvalue weighted by molar-refractivity contribution is 0.169. The first kappa shape index (κ1) is 20.6. The Bertz CT molecular complexity index is 867.